The van der Waals surface area contributed by atoms with Crippen LogP contribution in [0.5, 0.6) is 11.5 Å². The molecule has 1 aromatic heterocycles. The third kappa shape index (κ3) is 4.12. The van der Waals surface area contributed by atoms with Gasteiger partial charge in [-0.05, 0) is 36.1 Å². The molecule has 0 saturated carbocycles. The highest BCUT2D eigenvalue weighted by Gasteiger charge is 2.16. The van der Waals surface area contributed by atoms with Crippen molar-refractivity contribution >= 4 is 18.4 Å². The molecule has 1 aromatic carbocycles. The first kappa shape index (κ1) is 18.4. The molecule has 1 heterocycles. The second kappa shape index (κ2) is 8.24. The molecule has 0 atom stereocenters. The molecule has 0 saturated heterocycles. The van der Waals surface area contributed by atoms with Crippen LogP contribution in [-0.4, -0.2) is 30.7 Å². The summed E-state index contributed by atoms with van der Waals surface area (Å²) < 4.78 is 10.9. The van der Waals surface area contributed by atoms with Crippen LogP contribution in [0.15, 0.2) is 23.5 Å². The highest BCUT2D eigenvalue weighted by Crippen LogP contribution is 2.35. The van der Waals surface area contributed by atoms with Gasteiger partial charge in [0, 0.05) is 24.7 Å². The number of nitrogens with zero attached hydrogens (tertiary/aromatic N) is 2. The number of thiol groups is 1. The first-order chi connectivity index (χ1) is 11.5. The van der Waals surface area contributed by atoms with Gasteiger partial charge < -0.3 is 14.8 Å². The van der Waals surface area contributed by atoms with Gasteiger partial charge in [0.15, 0.2) is 16.7 Å². The van der Waals surface area contributed by atoms with Crippen molar-refractivity contribution in [3.05, 3.63) is 35.0 Å². The van der Waals surface area contributed by atoms with Crippen LogP contribution in [-0.2, 0) is 6.42 Å². The first-order valence-corrected chi connectivity index (χ1v) is 8.48. The molecule has 0 aliphatic heterocycles. The molecule has 0 spiro atoms. The van der Waals surface area contributed by atoms with Gasteiger partial charge in [-0.15, -0.1) is 12.6 Å². The maximum absolute atomic E-state index is 5.46. The SMILES string of the molecule is CCNc1nc(S)ncc1Cc1cc(OC)c(OC)cc1C(C)C. The highest BCUT2D eigenvalue weighted by atomic mass is 32.1. The third-order valence-corrected chi connectivity index (χ3v) is 4.06. The van der Waals surface area contributed by atoms with Crippen LogP contribution in [0, 0.1) is 0 Å². The number of ether oxygens (including phenoxy) is 2. The van der Waals surface area contributed by atoms with Gasteiger partial charge in [0.05, 0.1) is 14.2 Å². The zero-order valence-corrected chi connectivity index (χ0v) is 15.8. The van der Waals surface area contributed by atoms with Crippen molar-refractivity contribution in [1.29, 1.82) is 0 Å². The van der Waals surface area contributed by atoms with E-state index in [4.69, 9.17) is 9.47 Å². The Labute approximate surface area is 149 Å². The van der Waals surface area contributed by atoms with Crippen molar-refractivity contribution < 1.29 is 9.47 Å². The Kier molecular flexibility index (Phi) is 6.31. The minimum absolute atomic E-state index is 0.368. The Morgan fingerprint density at radius 1 is 1.12 bits per heavy atom. The lowest BCUT2D eigenvalue weighted by molar-refractivity contribution is 0.354. The van der Waals surface area contributed by atoms with Crippen molar-refractivity contribution in [3.63, 3.8) is 0 Å². The van der Waals surface area contributed by atoms with Gasteiger partial charge in [0.2, 0.25) is 0 Å². The highest BCUT2D eigenvalue weighted by molar-refractivity contribution is 7.80. The fourth-order valence-electron chi connectivity index (χ4n) is 2.68. The lowest BCUT2D eigenvalue weighted by Crippen LogP contribution is -2.07. The average molecular weight is 347 g/mol. The molecule has 2 rings (SSSR count). The van der Waals surface area contributed by atoms with E-state index in [1.54, 1.807) is 14.2 Å². The van der Waals surface area contributed by atoms with E-state index < -0.39 is 0 Å². The number of aromatic nitrogens is 2. The normalized spacial score (nSPS) is 10.8. The number of rotatable bonds is 7. The molecule has 1 N–H and O–H groups in total. The van der Waals surface area contributed by atoms with Crippen molar-refractivity contribution in [2.24, 2.45) is 0 Å². The van der Waals surface area contributed by atoms with Crippen LogP contribution in [0.25, 0.3) is 0 Å². The fourth-order valence-corrected chi connectivity index (χ4v) is 2.84. The molecule has 6 heteroatoms. The van der Waals surface area contributed by atoms with Crippen molar-refractivity contribution in [2.45, 2.75) is 38.3 Å². The molecule has 24 heavy (non-hydrogen) atoms. The molecule has 130 valence electrons. The Morgan fingerprint density at radius 3 is 2.38 bits per heavy atom. The standard InChI is InChI=1S/C18H25N3O2S/c1-6-19-17-13(10-20-18(24)21-17)7-12-8-15(22-4)16(23-5)9-14(12)11(2)3/h8-11H,6-7H2,1-5H3,(H2,19,20,21,24). The molecule has 0 radical (unpaired) electrons. The summed E-state index contributed by atoms with van der Waals surface area (Å²) in [6, 6.07) is 4.10. The summed E-state index contributed by atoms with van der Waals surface area (Å²) in [6.07, 6.45) is 2.54. The van der Waals surface area contributed by atoms with E-state index >= 15 is 0 Å². The van der Waals surface area contributed by atoms with E-state index in [0.29, 0.717) is 17.5 Å². The maximum atomic E-state index is 5.46. The number of nitrogens with one attached hydrogen (secondary N) is 1. The predicted octanol–water partition coefficient (Wildman–Crippen LogP) is 3.93. The Morgan fingerprint density at radius 2 is 1.79 bits per heavy atom. The number of benzene rings is 1. The minimum Gasteiger partial charge on any atom is -0.493 e. The van der Waals surface area contributed by atoms with Crippen LogP contribution in [0.4, 0.5) is 5.82 Å². The summed E-state index contributed by atoms with van der Waals surface area (Å²) in [4.78, 5) is 8.62. The number of anilines is 1. The lowest BCUT2D eigenvalue weighted by Gasteiger charge is -2.18. The fraction of sp³-hybridized carbons (Fsp3) is 0.444. The van der Waals surface area contributed by atoms with Gasteiger partial charge in [-0.2, -0.15) is 0 Å². The zero-order valence-electron chi connectivity index (χ0n) is 14.9. The van der Waals surface area contributed by atoms with E-state index in [1.165, 1.54) is 11.1 Å². The monoisotopic (exact) mass is 347 g/mol. The summed E-state index contributed by atoms with van der Waals surface area (Å²) in [6.45, 7) is 7.17. The molecule has 0 fully saturated rings. The topological polar surface area (TPSA) is 56.3 Å². The second-order valence-electron chi connectivity index (χ2n) is 5.81. The summed E-state index contributed by atoms with van der Waals surface area (Å²) in [5, 5.41) is 3.75. The Hall–Kier alpha value is -1.95. The molecule has 2 aromatic rings. The maximum Gasteiger partial charge on any atom is 0.186 e. The Balaban J connectivity index is 2.48. The molecule has 0 aliphatic carbocycles. The quantitative estimate of drug-likeness (QED) is 0.587. The van der Waals surface area contributed by atoms with E-state index in [9.17, 15) is 0 Å². The van der Waals surface area contributed by atoms with E-state index in [-0.39, 0.29) is 0 Å². The molecule has 0 aliphatic rings. The zero-order chi connectivity index (χ0) is 17.7. The van der Waals surface area contributed by atoms with Crippen molar-refractivity contribution in [1.82, 2.24) is 9.97 Å². The van der Waals surface area contributed by atoms with Gasteiger partial charge in [-0.1, -0.05) is 13.8 Å². The van der Waals surface area contributed by atoms with Crippen LogP contribution in [0.3, 0.4) is 0 Å². The molecular formula is C18H25N3O2S. The number of methoxy groups -OCH3 is 2. The van der Waals surface area contributed by atoms with Gasteiger partial charge in [0.1, 0.15) is 5.82 Å². The van der Waals surface area contributed by atoms with Gasteiger partial charge in [-0.3, -0.25) is 0 Å². The smallest absolute Gasteiger partial charge is 0.186 e. The van der Waals surface area contributed by atoms with E-state index in [0.717, 1.165) is 29.4 Å². The number of hydrogen-bond donors (Lipinski definition) is 2. The van der Waals surface area contributed by atoms with Crippen molar-refractivity contribution in [2.75, 3.05) is 26.1 Å². The molecule has 5 nitrogen and oxygen atoms in total. The van der Waals surface area contributed by atoms with Gasteiger partial charge in [-0.25, -0.2) is 9.97 Å². The minimum atomic E-state index is 0.368. The predicted molar refractivity (Wildman–Crippen MR) is 99.9 cm³/mol. The second-order valence-corrected chi connectivity index (χ2v) is 6.21. The Bertz CT molecular complexity index is 705. The number of hydrogen-bond acceptors (Lipinski definition) is 6. The summed E-state index contributed by atoms with van der Waals surface area (Å²) in [5.74, 6) is 2.67. The van der Waals surface area contributed by atoms with Crippen molar-refractivity contribution in [3.8, 4) is 11.5 Å². The summed E-state index contributed by atoms with van der Waals surface area (Å²) >= 11 is 4.23. The summed E-state index contributed by atoms with van der Waals surface area (Å²) in [5.41, 5.74) is 3.44. The first-order valence-electron chi connectivity index (χ1n) is 8.03. The third-order valence-electron chi connectivity index (χ3n) is 3.84. The van der Waals surface area contributed by atoms with Gasteiger partial charge in [0.25, 0.3) is 0 Å². The van der Waals surface area contributed by atoms with Gasteiger partial charge >= 0.3 is 0 Å². The summed E-state index contributed by atoms with van der Waals surface area (Å²) in [7, 11) is 3.31. The lowest BCUT2D eigenvalue weighted by atomic mass is 9.92. The largest absolute Gasteiger partial charge is 0.493 e. The molecule has 0 amide bonds. The van der Waals surface area contributed by atoms with E-state index in [2.05, 4.69) is 47.8 Å². The van der Waals surface area contributed by atoms with Crippen LogP contribution >= 0.6 is 12.6 Å². The molecule has 0 unspecified atom stereocenters. The van der Waals surface area contributed by atoms with Crippen LogP contribution < -0.4 is 14.8 Å². The molecule has 0 bridgehead atoms. The molecular weight excluding hydrogens is 322 g/mol. The van der Waals surface area contributed by atoms with Crippen LogP contribution in [0.1, 0.15) is 43.4 Å². The van der Waals surface area contributed by atoms with E-state index in [1.807, 2.05) is 19.2 Å². The van der Waals surface area contributed by atoms with Crippen LogP contribution in [0.2, 0.25) is 0 Å². The average Bonchev–Trinajstić information content (AvgIpc) is 2.56.